The molecular weight excluding hydrogens is 254 g/mol. The molecule has 0 saturated carbocycles. The minimum absolute atomic E-state index is 0.0731. The quantitative estimate of drug-likeness (QED) is 0.356. The third kappa shape index (κ3) is 2.18. The highest BCUT2D eigenvalue weighted by Crippen LogP contribution is 2.41. The van der Waals surface area contributed by atoms with Gasteiger partial charge in [0, 0.05) is 20.3 Å². The van der Waals surface area contributed by atoms with Crippen molar-refractivity contribution in [1.29, 1.82) is 0 Å². The highest BCUT2D eigenvalue weighted by molar-refractivity contribution is 5.80. The van der Waals surface area contributed by atoms with Crippen LogP contribution in [0.5, 0.6) is 0 Å². The Morgan fingerprint density at radius 3 is 2.53 bits per heavy atom. The smallest absolute Gasteiger partial charge is 0.367 e. The second kappa shape index (κ2) is 4.94. The lowest BCUT2D eigenvalue weighted by Gasteiger charge is -2.20. The van der Waals surface area contributed by atoms with E-state index in [2.05, 4.69) is 0 Å². The zero-order valence-electron chi connectivity index (χ0n) is 10.5. The van der Waals surface area contributed by atoms with Crippen LogP contribution in [0.2, 0.25) is 0 Å². The fourth-order valence-corrected chi connectivity index (χ4v) is 2.10. The Kier molecular flexibility index (Phi) is 3.50. The first-order valence-corrected chi connectivity index (χ1v) is 5.59. The summed E-state index contributed by atoms with van der Waals surface area (Å²) in [5, 5.41) is 11.0. The van der Waals surface area contributed by atoms with Gasteiger partial charge in [-0.3, -0.25) is 10.1 Å². The largest absolute Gasteiger partial charge is 0.453 e. The van der Waals surface area contributed by atoms with E-state index in [0.717, 1.165) is 0 Å². The molecule has 102 valence electrons. The number of hydrogen-bond acceptors (Lipinski definition) is 6. The average Bonchev–Trinajstić information content (AvgIpc) is 2.76. The van der Waals surface area contributed by atoms with E-state index in [1.165, 1.54) is 20.3 Å². The van der Waals surface area contributed by atoms with Gasteiger partial charge in [0.05, 0.1) is 16.9 Å². The summed E-state index contributed by atoms with van der Waals surface area (Å²) in [4.78, 5) is 22.2. The molecule has 0 bridgehead atoms. The van der Waals surface area contributed by atoms with Crippen LogP contribution in [0.4, 0.5) is 5.69 Å². The first kappa shape index (κ1) is 13.4. The molecule has 0 aromatic heterocycles. The number of carbonyl (C=O) groups is 1. The lowest BCUT2D eigenvalue weighted by Crippen LogP contribution is -2.38. The number of nitrogens with zero attached hydrogens (tertiary/aromatic N) is 1. The number of nitro groups is 1. The van der Waals surface area contributed by atoms with Crippen molar-refractivity contribution < 1.29 is 23.9 Å². The van der Waals surface area contributed by atoms with E-state index in [9.17, 15) is 14.9 Å². The van der Waals surface area contributed by atoms with Gasteiger partial charge >= 0.3 is 5.97 Å². The monoisotopic (exact) mass is 267 g/mol. The van der Waals surface area contributed by atoms with Gasteiger partial charge in [0.25, 0.3) is 11.5 Å². The number of para-hydroxylation sites is 1. The third-order valence-corrected chi connectivity index (χ3v) is 3.15. The number of benzene rings is 1. The molecule has 1 aliphatic rings. The van der Waals surface area contributed by atoms with Crippen molar-refractivity contribution in [2.24, 2.45) is 0 Å². The van der Waals surface area contributed by atoms with Crippen LogP contribution in [0, 0.1) is 10.1 Å². The van der Waals surface area contributed by atoms with Gasteiger partial charge in [-0.25, -0.2) is 4.79 Å². The van der Waals surface area contributed by atoms with Gasteiger partial charge in [-0.2, -0.15) is 0 Å². The number of carbonyl (C=O) groups excluding carboxylic acids is 1. The maximum atomic E-state index is 11.8. The lowest BCUT2D eigenvalue weighted by atomic mass is 10.0. The molecule has 1 atom stereocenters. The van der Waals surface area contributed by atoms with Gasteiger partial charge in [0.2, 0.25) is 0 Å². The Balaban J connectivity index is 2.36. The number of cyclic esters (lactones) is 1. The van der Waals surface area contributed by atoms with Crippen molar-refractivity contribution in [3.8, 4) is 0 Å². The molecule has 2 rings (SSSR count). The van der Waals surface area contributed by atoms with Crippen LogP contribution in [0.1, 0.15) is 18.1 Å². The summed E-state index contributed by atoms with van der Waals surface area (Å²) in [5.74, 6) is -2.17. The Morgan fingerprint density at radius 2 is 2.00 bits per heavy atom. The first-order valence-electron chi connectivity index (χ1n) is 5.59. The molecule has 0 amide bonds. The van der Waals surface area contributed by atoms with Crippen molar-refractivity contribution in [3.63, 3.8) is 0 Å². The zero-order valence-corrected chi connectivity index (χ0v) is 10.5. The van der Waals surface area contributed by atoms with Crippen LogP contribution in [-0.4, -0.2) is 30.9 Å². The molecule has 0 N–H and O–H groups in total. The molecule has 1 unspecified atom stereocenters. The van der Waals surface area contributed by atoms with Gasteiger partial charge in [-0.05, 0) is 6.07 Å². The number of hydrogen-bond donors (Lipinski definition) is 0. The summed E-state index contributed by atoms with van der Waals surface area (Å²) >= 11 is 0. The maximum absolute atomic E-state index is 11.8. The predicted octanol–water partition coefficient (Wildman–Crippen LogP) is 1.57. The Labute approximate surface area is 109 Å². The first-order chi connectivity index (χ1) is 9.04. The maximum Gasteiger partial charge on any atom is 0.367 e. The molecule has 7 heteroatoms. The molecule has 1 fully saturated rings. The fraction of sp³-hybridized carbons (Fsp3) is 0.417. The summed E-state index contributed by atoms with van der Waals surface area (Å²) in [5.41, 5.74) is 0.236. The average molecular weight is 267 g/mol. The van der Waals surface area contributed by atoms with Gasteiger partial charge in [-0.15, -0.1) is 0 Å². The van der Waals surface area contributed by atoms with Crippen molar-refractivity contribution in [3.05, 3.63) is 39.9 Å². The number of ether oxygens (including phenoxy) is 3. The number of methoxy groups -OCH3 is 2. The van der Waals surface area contributed by atoms with Crippen LogP contribution in [0.3, 0.4) is 0 Å². The molecule has 1 aromatic carbocycles. The van der Waals surface area contributed by atoms with E-state index in [-0.39, 0.29) is 12.1 Å². The van der Waals surface area contributed by atoms with Crippen molar-refractivity contribution >= 4 is 11.7 Å². The Morgan fingerprint density at radius 1 is 1.37 bits per heavy atom. The zero-order chi connectivity index (χ0) is 14.0. The molecule has 1 saturated heterocycles. The molecule has 1 aliphatic heterocycles. The Hall–Kier alpha value is -1.99. The molecule has 1 aromatic rings. The predicted molar refractivity (Wildman–Crippen MR) is 63.3 cm³/mol. The topological polar surface area (TPSA) is 87.9 Å². The summed E-state index contributed by atoms with van der Waals surface area (Å²) in [6.07, 6.45) is -0.682. The minimum Gasteiger partial charge on any atom is -0.453 e. The van der Waals surface area contributed by atoms with Crippen molar-refractivity contribution in [2.75, 3.05) is 14.2 Å². The van der Waals surface area contributed by atoms with E-state index in [0.29, 0.717) is 5.56 Å². The van der Waals surface area contributed by atoms with Gasteiger partial charge in [0.1, 0.15) is 6.10 Å². The Bertz CT molecular complexity index is 511. The van der Waals surface area contributed by atoms with Gasteiger partial charge in [-0.1, -0.05) is 12.1 Å². The summed E-state index contributed by atoms with van der Waals surface area (Å²) in [7, 11) is 2.65. The van der Waals surface area contributed by atoms with Crippen LogP contribution >= 0.6 is 0 Å². The second-order valence-electron chi connectivity index (χ2n) is 4.08. The molecule has 0 aliphatic carbocycles. The van der Waals surface area contributed by atoms with E-state index in [1.807, 2.05) is 0 Å². The van der Waals surface area contributed by atoms with Crippen LogP contribution in [-0.2, 0) is 19.0 Å². The highest BCUT2D eigenvalue weighted by atomic mass is 16.7. The third-order valence-electron chi connectivity index (χ3n) is 3.15. The highest BCUT2D eigenvalue weighted by Gasteiger charge is 2.52. The van der Waals surface area contributed by atoms with E-state index >= 15 is 0 Å². The van der Waals surface area contributed by atoms with Crippen LogP contribution in [0.25, 0.3) is 0 Å². The molecule has 7 nitrogen and oxygen atoms in total. The normalized spacial score (nSPS) is 21.2. The fourth-order valence-electron chi connectivity index (χ4n) is 2.10. The second-order valence-corrected chi connectivity index (χ2v) is 4.08. The number of nitro benzene ring substituents is 1. The molecule has 0 radical (unpaired) electrons. The standard InChI is InChI=1S/C12H13NO6/c1-17-12(18-2)7-10(19-11(12)14)8-5-3-4-6-9(8)13(15)16/h3-6,10H,7H2,1-2H3. The van der Waals surface area contributed by atoms with E-state index in [4.69, 9.17) is 14.2 Å². The van der Waals surface area contributed by atoms with Gasteiger partial charge < -0.3 is 14.2 Å². The van der Waals surface area contributed by atoms with Gasteiger partial charge in [0.15, 0.2) is 0 Å². The lowest BCUT2D eigenvalue weighted by molar-refractivity contribution is -0.386. The summed E-state index contributed by atoms with van der Waals surface area (Å²) < 4.78 is 15.2. The van der Waals surface area contributed by atoms with Crippen molar-refractivity contribution in [1.82, 2.24) is 0 Å². The number of esters is 1. The summed E-state index contributed by atoms with van der Waals surface area (Å²) in [6, 6.07) is 6.12. The van der Waals surface area contributed by atoms with E-state index in [1.54, 1.807) is 18.2 Å². The molecule has 1 heterocycles. The van der Waals surface area contributed by atoms with Crippen LogP contribution in [0.15, 0.2) is 24.3 Å². The van der Waals surface area contributed by atoms with Crippen molar-refractivity contribution in [2.45, 2.75) is 18.3 Å². The SMILES string of the molecule is COC1(OC)CC(c2ccccc2[N+](=O)[O-])OC1=O. The molecular formula is C12H13NO6. The minimum atomic E-state index is -1.49. The molecule has 19 heavy (non-hydrogen) atoms. The number of rotatable bonds is 4. The summed E-state index contributed by atoms with van der Waals surface area (Å²) in [6.45, 7) is 0. The van der Waals surface area contributed by atoms with E-state index < -0.39 is 22.8 Å². The van der Waals surface area contributed by atoms with Crippen LogP contribution < -0.4 is 0 Å². The molecule has 0 spiro atoms.